The molecule has 1 N–H and O–H groups in total. The molecule has 1 aliphatic heterocycles. The predicted octanol–water partition coefficient (Wildman–Crippen LogP) is 1.88. The molecule has 1 fully saturated rings. The van der Waals surface area contributed by atoms with Crippen LogP contribution in [0.2, 0.25) is 0 Å². The Bertz CT molecular complexity index is 796. The summed E-state index contributed by atoms with van der Waals surface area (Å²) >= 11 is 0. The first kappa shape index (κ1) is 18.0. The average Bonchev–Trinajstić information content (AvgIpc) is 3.12. The first-order valence-corrected chi connectivity index (χ1v) is 8.76. The van der Waals surface area contributed by atoms with E-state index in [9.17, 15) is 9.59 Å². The highest BCUT2D eigenvalue weighted by atomic mass is 16.5. The first-order valence-electron chi connectivity index (χ1n) is 8.76. The second kappa shape index (κ2) is 7.63. The van der Waals surface area contributed by atoms with Gasteiger partial charge >= 0.3 is 0 Å². The number of carbonyl (C=O) groups excluding carboxylic acids is 2. The van der Waals surface area contributed by atoms with E-state index in [1.807, 2.05) is 26.0 Å². The fourth-order valence-corrected chi connectivity index (χ4v) is 3.06. The van der Waals surface area contributed by atoms with Gasteiger partial charge in [0.1, 0.15) is 6.04 Å². The van der Waals surface area contributed by atoms with Crippen molar-refractivity contribution in [3.05, 3.63) is 29.9 Å². The van der Waals surface area contributed by atoms with Crippen LogP contribution in [0.4, 0.5) is 0 Å². The number of nitrogens with zero attached hydrogens (tertiary/aromatic N) is 4. The molecule has 8 nitrogen and oxygen atoms in total. The first-order chi connectivity index (χ1) is 12.4. The Balaban J connectivity index is 1.59. The Kier molecular flexibility index (Phi) is 5.29. The van der Waals surface area contributed by atoms with Crippen molar-refractivity contribution in [2.24, 2.45) is 5.92 Å². The highest BCUT2D eigenvalue weighted by Gasteiger charge is 2.28. The second-order valence-electron chi connectivity index (χ2n) is 6.65. The molecule has 8 heteroatoms. The second-order valence-corrected chi connectivity index (χ2v) is 6.65. The van der Waals surface area contributed by atoms with Gasteiger partial charge < -0.3 is 14.7 Å². The molecular weight excluding hydrogens is 334 g/mol. The Labute approximate surface area is 152 Å². The minimum absolute atomic E-state index is 0.0415. The molecule has 1 saturated heterocycles. The quantitative estimate of drug-likeness (QED) is 0.896. The molecule has 1 atom stereocenters. The van der Waals surface area contributed by atoms with Gasteiger partial charge in [0, 0.05) is 43.4 Å². The lowest BCUT2D eigenvalue weighted by molar-refractivity contribution is -0.134. The predicted molar refractivity (Wildman–Crippen MR) is 93.8 cm³/mol. The molecule has 2 amide bonds. The van der Waals surface area contributed by atoms with E-state index in [4.69, 9.17) is 4.52 Å². The topological polar surface area (TPSA) is 101 Å². The van der Waals surface area contributed by atoms with E-state index in [0.29, 0.717) is 37.6 Å². The molecular formula is C18H23N5O3. The van der Waals surface area contributed by atoms with Crippen molar-refractivity contribution in [3.63, 3.8) is 0 Å². The summed E-state index contributed by atoms with van der Waals surface area (Å²) in [4.78, 5) is 34.1. The van der Waals surface area contributed by atoms with Gasteiger partial charge in [-0.2, -0.15) is 4.98 Å². The number of hydrogen-bond acceptors (Lipinski definition) is 6. The summed E-state index contributed by atoms with van der Waals surface area (Å²) in [6.07, 6.45) is 3.03. The highest BCUT2D eigenvalue weighted by Crippen LogP contribution is 2.21. The van der Waals surface area contributed by atoms with E-state index in [2.05, 4.69) is 20.4 Å². The number of piperidine rings is 1. The molecule has 3 rings (SSSR count). The van der Waals surface area contributed by atoms with Crippen LogP contribution in [-0.4, -0.2) is 44.9 Å². The van der Waals surface area contributed by atoms with Gasteiger partial charge in [0.2, 0.25) is 23.5 Å². The maximum Gasteiger partial charge on any atom is 0.249 e. The lowest BCUT2D eigenvalue weighted by atomic mass is 9.95. The van der Waals surface area contributed by atoms with Crippen LogP contribution >= 0.6 is 0 Å². The van der Waals surface area contributed by atoms with Gasteiger partial charge in [0.15, 0.2) is 0 Å². The van der Waals surface area contributed by atoms with E-state index in [-0.39, 0.29) is 23.8 Å². The van der Waals surface area contributed by atoms with E-state index in [1.54, 1.807) is 18.0 Å². The number of aromatic nitrogens is 3. The zero-order chi connectivity index (χ0) is 18.7. The molecule has 3 heterocycles. The summed E-state index contributed by atoms with van der Waals surface area (Å²) < 4.78 is 5.31. The van der Waals surface area contributed by atoms with Crippen LogP contribution in [-0.2, 0) is 9.59 Å². The summed E-state index contributed by atoms with van der Waals surface area (Å²) in [5.41, 5.74) is 1.69. The Morgan fingerprint density at radius 3 is 2.73 bits per heavy atom. The van der Waals surface area contributed by atoms with Crippen LogP contribution in [0.3, 0.4) is 0 Å². The van der Waals surface area contributed by atoms with Crippen LogP contribution in [0.1, 0.15) is 44.3 Å². The third-order valence-electron chi connectivity index (χ3n) is 4.64. The van der Waals surface area contributed by atoms with Crippen molar-refractivity contribution in [1.82, 2.24) is 25.3 Å². The number of nitrogens with one attached hydrogen (secondary N) is 1. The Hall–Kier alpha value is -2.77. The molecule has 1 aliphatic rings. The molecule has 2 aromatic rings. The number of pyridine rings is 1. The maximum absolute atomic E-state index is 12.5. The van der Waals surface area contributed by atoms with E-state index in [0.717, 1.165) is 11.3 Å². The Morgan fingerprint density at radius 2 is 2.08 bits per heavy atom. The summed E-state index contributed by atoms with van der Waals surface area (Å²) in [6, 6.07) is 3.31. The molecule has 0 spiro atoms. The standard InChI is InChI=1S/C18H23N5O3/c1-11-10-15(4-7-19-11)16-21-18(26-22-16)12(2)20-17(25)14-5-8-23(9-6-14)13(3)24/h4,7,10,12,14H,5-6,8-9H2,1-3H3,(H,20,25)/t12-/m0/s1. The molecule has 0 radical (unpaired) electrons. The van der Waals surface area contributed by atoms with E-state index < -0.39 is 0 Å². The molecule has 0 unspecified atom stereocenters. The van der Waals surface area contributed by atoms with E-state index >= 15 is 0 Å². The van der Waals surface area contributed by atoms with Crippen molar-refractivity contribution in [2.45, 2.75) is 39.7 Å². The number of likely N-dealkylation sites (tertiary alicyclic amines) is 1. The largest absolute Gasteiger partial charge is 0.344 e. The van der Waals surface area contributed by atoms with Crippen molar-refractivity contribution in [1.29, 1.82) is 0 Å². The van der Waals surface area contributed by atoms with Crippen LogP contribution in [0.5, 0.6) is 0 Å². The number of rotatable bonds is 4. The molecule has 0 saturated carbocycles. The van der Waals surface area contributed by atoms with Crippen LogP contribution in [0.25, 0.3) is 11.4 Å². The molecule has 0 bridgehead atoms. The average molecular weight is 357 g/mol. The summed E-state index contributed by atoms with van der Waals surface area (Å²) in [7, 11) is 0. The molecule has 138 valence electrons. The zero-order valence-corrected chi connectivity index (χ0v) is 15.2. The SMILES string of the molecule is CC(=O)N1CCC(C(=O)N[C@@H](C)c2nc(-c3ccnc(C)c3)no2)CC1. The molecule has 26 heavy (non-hydrogen) atoms. The fraction of sp³-hybridized carbons (Fsp3) is 0.500. The van der Waals surface area contributed by atoms with E-state index in [1.165, 1.54) is 0 Å². The van der Waals surface area contributed by atoms with Crippen molar-refractivity contribution in [2.75, 3.05) is 13.1 Å². The molecule has 0 aliphatic carbocycles. The molecule has 0 aromatic carbocycles. The van der Waals surface area contributed by atoms with Gasteiger partial charge in [0.05, 0.1) is 0 Å². The highest BCUT2D eigenvalue weighted by molar-refractivity contribution is 5.79. The fourth-order valence-electron chi connectivity index (χ4n) is 3.06. The Morgan fingerprint density at radius 1 is 1.35 bits per heavy atom. The summed E-state index contributed by atoms with van der Waals surface area (Å²) in [5.74, 6) is 0.755. The van der Waals surface area contributed by atoms with Gasteiger partial charge in [-0.25, -0.2) is 0 Å². The monoisotopic (exact) mass is 357 g/mol. The van der Waals surface area contributed by atoms with Gasteiger partial charge in [-0.1, -0.05) is 5.16 Å². The van der Waals surface area contributed by atoms with Crippen LogP contribution in [0, 0.1) is 12.8 Å². The maximum atomic E-state index is 12.5. The minimum atomic E-state index is -0.377. The van der Waals surface area contributed by atoms with Gasteiger partial charge in [-0.3, -0.25) is 14.6 Å². The van der Waals surface area contributed by atoms with Crippen molar-refractivity contribution < 1.29 is 14.1 Å². The van der Waals surface area contributed by atoms with Crippen molar-refractivity contribution in [3.8, 4) is 11.4 Å². The van der Waals surface area contributed by atoms with Gasteiger partial charge in [-0.15, -0.1) is 0 Å². The zero-order valence-electron chi connectivity index (χ0n) is 15.2. The number of aryl methyl sites for hydroxylation is 1. The van der Waals surface area contributed by atoms with Crippen LogP contribution in [0.15, 0.2) is 22.9 Å². The summed E-state index contributed by atoms with van der Waals surface area (Å²) in [5, 5.41) is 6.92. The van der Waals surface area contributed by atoms with Gasteiger partial charge in [-0.05, 0) is 38.8 Å². The number of hydrogen-bond donors (Lipinski definition) is 1. The summed E-state index contributed by atoms with van der Waals surface area (Å²) in [6.45, 7) is 6.50. The third kappa shape index (κ3) is 4.07. The lowest BCUT2D eigenvalue weighted by Gasteiger charge is -2.30. The third-order valence-corrected chi connectivity index (χ3v) is 4.64. The molecule has 2 aromatic heterocycles. The van der Waals surface area contributed by atoms with Gasteiger partial charge in [0.25, 0.3) is 0 Å². The lowest BCUT2D eigenvalue weighted by Crippen LogP contribution is -2.42. The van der Waals surface area contributed by atoms with Crippen LogP contribution < -0.4 is 5.32 Å². The normalized spacial score (nSPS) is 16.3. The number of carbonyl (C=O) groups is 2. The number of amides is 2. The smallest absolute Gasteiger partial charge is 0.249 e. The van der Waals surface area contributed by atoms with Crippen molar-refractivity contribution >= 4 is 11.8 Å². The minimum Gasteiger partial charge on any atom is -0.344 e.